The number of nitrogens with one attached hydrogen (secondary N) is 1. The molecule has 2 aromatic carbocycles. The number of carbonyl (C=O) groups excluding carboxylic acids is 3. The Balaban J connectivity index is 1.54. The van der Waals surface area contributed by atoms with E-state index in [4.69, 9.17) is 23.2 Å². The van der Waals surface area contributed by atoms with Gasteiger partial charge in [0, 0.05) is 22.7 Å². The molecule has 0 radical (unpaired) electrons. The Morgan fingerprint density at radius 3 is 2.59 bits per heavy atom. The molecule has 4 aliphatic rings. The molecule has 34 heavy (non-hydrogen) atoms. The van der Waals surface area contributed by atoms with Crippen LogP contribution in [0.15, 0.2) is 30.3 Å². The summed E-state index contributed by atoms with van der Waals surface area (Å²) in [6.07, 6.45) is 1.46. The van der Waals surface area contributed by atoms with Gasteiger partial charge in [-0.25, -0.2) is 4.90 Å². The minimum absolute atomic E-state index is 0.0751. The third kappa shape index (κ3) is 2.41. The van der Waals surface area contributed by atoms with Gasteiger partial charge in [-0.2, -0.15) is 0 Å². The fourth-order valence-electron chi connectivity index (χ4n) is 6.43. The van der Waals surface area contributed by atoms with Gasteiger partial charge in [0.25, 0.3) is 5.69 Å². The lowest BCUT2D eigenvalue weighted by atomic mass is 9.75. The second kappa shape index (κ2) is 7.00. The van der Waals surface area contributed by atoms with Gasteiger partial charge >= 0.3 is 0 Å². The van der Waals surface area contributed by atoms with Crippen LogP contribution in [0.3, 0.4) is 0 Å². The van der Waals surface area contributed by atoms with Crippen LogP contribution in [0, 0.1) is 28.9 Å². The van der Waals surface area contributed by atoms with Gasteiger partial charge < -0.3 is 5.32 Å². The van der Waals surface area contributed by atoms with Gasteiger partial charge in [-0.3, -0.25) is 29.4 Å². The number of nitrogens with zero attached hydrogens (tertiary/aromatic N) is 3. The van der Waals surface area contributed by atoms with Crippen molar-refractivity contribution in [3.63, 3.8) is 0 Å². The fraction of sp³-hybridized carbons (Fsp3) is 0.348. The summed E-state index contributed by atoms with van der Waals surface area (Å²) in [5, 5.41) is 14.7. The maximum absolute atomic E-state index is 13.9. The summed E-state index contributed by atoms with van der Waals surface area (Å²) >= 11 is 12.2. The van der Waals surface area contributed by atoms with Crippen LogP contribution in [0.1, 0.15) is 24.0 Å². The van der Waals surface area contributed by atoms with Gasteiger partial charge in [0.15, 0.2) is 0 Å². The quantitative estimate of drug-likeness (QED) is 0.382. The predicted octanol–water partition coefficient (Wildman–Crippen LogP) is 3.64. The Bertz CT molecular complexity index is 1350. The summed E-state index contributed by atoms with van der Waals surface area (Å²) in [5.74, 6) is -3.04. The van der Waals surface area contributed by atoms with Crippen molar-refractivity contribution in [3.05, 3.63) is 61.6 Å². The van der Waals surface area contributed by atoms with Crippen molar-refractivity contribution in [2.45, 2.75) is 31.3 Å². The molecule has 0 unspecified atom stereocenters. The number of fused-ring (bicyclic) bond motifs is 7. The lowest BCUT2D eigenvalue weighted by molar-refractivity contribution is -0.384. The molecule has 4 atom stereocenters. The molecule has 0 saturated carbocycles. The minimum Gasteiger partial charge on any atom is -0.324 e. The van der Waals surface area contributed by atoms with Gasteiger partial charge in [-0.1, -0.05) is 29.3 Å². The Morgan fingerprint density at radius 1 is 1.12 bits per heavy atom. The lowest BCUT2D eigenvalue weighted by Crippen LogP contribution is -2.54. The van der Waals surface area contributed by atoms with Crippen molar-refractivity contribution in [1.29, 1.82) is 0 Å². The van der Waals surface area contributed by atoms with E-state index >= 15 is 0 Å². The molecule has 3 fully saturated rings. The molecule has 6 rings (SSSR count). The van der Waals surface area contributed by atoms with Gasteiger partial charge in [-0.05, 0) is 50.1 Å². The average molecular weight is 501 g/mol. The molecule has 1 spiro atoms. The summed E-state index contributed by atoms with van der Waals surface area (Å²) in [5.41, 5.74) is 0.254. The highest BCUT2D eigenvalue weighted by molar-refractivity contribution is 6.33. The number of benzene rings is 2. The monoisotopic (exact) mass is 500 g/mol. The Hall–Kier alpha value is -3.01. The first-order valence-electron chi connectivity index (χ1n) is 10.9. The van der Waals surface area contributed by atoms with Crippen LogP contribution in [0.4, 0.5) is 17.1 Å². The highest BCUT2D eigenvalue weighted by Crippen LogP contribution is 2.61. The summed E-state index contributed by atoms with van der Waals surface area (Å²) < 4.78 is 0. The van der Waals surface area contributed by atoms with Crippen molar-refractivity contribution in [2.75, 3.05) is 16.8 Å². The molecule has 9 nitrogen and oxygen atoms in total. The standard InChI is InChI=1S/C23H18Cl2N4O5/c1-10-13(24)7-5-12-19(10)26-22(32)23(12)18-17(15-3-2-8-27(15)23)20(30)28(21(18)31)11-4-6-14(25)16(9-11)29(33)34/h4-7,9,15,17-18H,2-3,8H2,1H3,(H,26,32)/t15-,17+,18-,23+/m0/s1. The Morgan fingerprint density at radius 2 is 1.85 bits per heavy atom. The topological polar surface area (TPSA) is 113 Å². The number of amides is 3. The maximum Gasteiger partial charge on any atom is 0.289 e. The van der Waals surface area contributed by atoms with Crippen molar-refractivity contribution in [1.82, 2.24) is 4.90 Å². The van der Waals surface area contributed by atoms with Crippen molar-refractivity contribution in [2.24, 2.45) is 11.8 Å². The summed E-state index contributed by atoms with van der Waals surface area (Å²) in [4.78, 5) is 55.1. The van der Waals surface area contributed by atoms with Gasteiger partial charge in [0.2, 0.25) is 17.7 Å². The van der Waals surface area contributed by atoms with Gasteiger partial charge in [0.05, 0.1) is 28.1 Å². The second-order valence-electron chi connectivity index (χ2n) is 9.13. The van der Waals surface area contributed by atoms with E-state index in [1.807, 2.05) is 4.90 Å². The first-order chi connectivity index (χ1) is 16.2. The largest absolute Gasteiger partial charge is 0.324 e. The number of nitro groups is 1. The fourth-order valence-corrected chi connectivity index (χ4v) is 6.77. The molecular weight excluding hydrogens is 483 g/mol. The Kier molecular flexibility index (Phi) is 4.43. The molecule has 0 aromatic heterocycles. The molecule has 11 heteroatoms. The average Bonchev–Trinajstić information content (AvgIpc) is 3.50. The summed E-state index contributed by atoms with van der Waals surface area (Å²) in [6.45, 7) is 2.38. The van der Waals surface area contributed by atoms with E-state index in [-0.39, 0.29) is 22.7 Å². The number of nitro benzene ring substituents is 1. The first kappa shape index (κ1) is 21.5. The Labute approximate surface area is 203 Å². The summed E-state index contributed by atoms with van der Waals surface area (Å²) in [6, 6.07) is 7.01. The SMILES string of the molecule is Cc1c(Cl)ccc2c1NC(=O)[C@]21[C@@H]2C(=O)N(c3ccc(Cl)c([N+](=O)[O-])c3)C(=O)[C@@H]2[C@@H]2CCCN21. The number of imide groups is 1. The molecule has 3 saturated heterocycles. The molecule has 174 valence electrons. The number of hydrogen-bond donors (Lipinski definition) is 1. The van der Waals surface area contributed by atoms with Crippen molar-refractivity contribution < 1.29 is 19.3 Å². The van der Waals surface area contributed by atoms with E-state index in [1.165, 1.54) is 12.1 Å². The molecule has 2 aromatic rings. The zero-order chi connectivity index (χ0) is 24.1. The highest BCUT2D eigenvalue weighted by atomic mass is 35.5. The van der Waals surface area contributed by atoms with Crippen molar-refractivity contribution >= 4 is 58.0 Å². The van der Waals surface area contributed by atoms with Crippen LogP contribution in [0.2, 0.25) is 10.0 Å². The maximum atomic E-state index is 13.9. The van der Waals surface area contributed by atoms with E-state index in [1.54, 1.807) is 19.1 Å². The molecule has 1 N–H and O–H groups in total. The number of halogens is 2. The zero-order valence-corrected chi connectivity index (χ0v) is 19.4. The van der Waals surface area contributed by atoms with Crippen LogP contribution in [0.5, 0.6) is 0 Å². The minimum atomic E-state index is -1.34. The van der Waals surface area contributed by atoms with E-state index in [0.717, 1.165) is 17.4 Å². The van der Waals surface area contributed by atoms with E-state index in [2.05, 4.69) is 5.32 Å². The normalized spacial score (nSPS) is 29.6. The predicted molar refractivity (Wildman–Crippen MR) is 124 cm³/mol. The molecular formula is C23H18Cl2N4O5. The third-order valence-corrected chi connectivity index (χ3v) is 8.48. The van der Waals surface area contributed by atoms with Gasteiger partial charge in [-0.15, -0.1) is 0 Å². The number of carbonyl (C=O) groups is 3. The third-order valence-electron chi connectivity index (χ3n) is 7.75. The smallest absolute Gasteiger partial charge is 0.289 e. The summed E-state index contributed by atoms with van der Waals surface area (Å²) in [7, 11) is 0. The van der Waals surface area contributed by atoms with Crippen LogP contribution in [-0.4, -0.2) is 40.1 Å². The van der Waals surface area contributed by atoms with Gasteiger partial charge in [0.1, 0.15) is 10.6 Å². The van der Waals surface area contributed by atoms with Crippen LogP contribution >= 0.6 is 23.2 Å². The molecule has 3 amide bonds. The zero-order valence-electron chi connectivity index (χ0n) is 17.9. The van der Waals surface area contributed by atoms with Crippen LogP contribution in [-0.2, 0) is 19.9 Å². The van der Waals surface area contributed by atoms with E-state index < -0.39 is 39.8 Å². The lowest BCUT2D eigenvalue weighted by Gasteiger charge is -2.36. The van der Waals surface area contributed by atoms with E-state index in [9.17, 15) is 24.5 Å². The molecule has 4 heterocycles. The van der Waals surface area contributed by atoms with E-state index in [0.29, 0.717) is 34.8 Å². The molecule has 0 aliphatic carbocycles. The first-order valence-corrected chi connectivity index (χ1v) is 11.6. The molecule has 4 aliphatic heterocycles. The highest BCUT2D eigenvalue weighted by Gasteiger charge is 2.74. The van der Waals surface area contributed by atoms with Crippen LogP contribution < -0.4 is 10.2 Å². The molecule has 0 bridgehead atoms. The van der Waals surface area contributed by atoms with Crippen LogP contribution in [0.25, 0.3) is 0 Å². The van der Waals surface area contributed by atoms with Crippen molar-refractivity contribution in [3.8, 4) is 0 Å². The number of hydrogen-bond acceptors (Lipinski definition) is 6. The number of rotatable bonds is 2. The second-order valence-corrected chi connectivity index (χ2v) is 9.94. The number of anilines is 2.